The molecule has 4 nitrogen and oxygen atoms in total. The Balaban J connectivity index is 2.66. The van der Waals surface area contributed by atoms with Crippen molar-refractivity contribution in [1.82, 2.24) is 0 Å². The molecular weight excluding hydrogens is 228 g/mol. The number of benzene rings is 1. The minimum atomic E-state index is -4.13. The number of hydrogen-bond acceptors (Lipinski definition) is 3. The van der Waals surface area contributed by atoms with Crippen LogP contribution in [0.4, 0.5) is 0 Å². The molecule has 0 spiro atoms. The van der Waals surface area contributed by atoms with Crippen LogP contribution < -0.4 is 4.74 Å². The van der Waals surface area contributed by atoms with Gasteiger partial charge in [0.05, 0.1) is 4.90 Å². The molecule has 0 aliphatic carbocycles. The standard InChI is InChI=1S/C11H12O4S/c1-2-3-4-9-15-10-5-7-11(8-6-10)16(12,13)14/h5-8H,2,9H2,1H3,(H,12,13,14). The zero-order valence-corrected chi connectivity index (χ0v) is 9.62. The highest BCUT2D eigenvalue weighted by molar-refractivity contribution is 7.85. The van der Waals surface area contributed by atoms with Gasteiger partial charge in [0.15, 0.2) is 0 Å². The maximum absolute atomic E-state index is 10.7. The van der Waals surface area contributed by atoms with E-state index in [2.05, 4.69) is 11.8 Å². The number of ether oxygens (including phenoxy) is 1. The Labute approximate surface area is 95.0 Å². The lowest BCUT2D eigenvalue weighted by atomic mass is 10.3. The lowest BCUT2D eigenvalue weighted by Gasteiger charge is -2.02. The van der Waals surface area contributed by atoms with E-state index in [-0.39, 0.29) is 11.5 Å². The van der Waals surface area contributed by atoms with Crippen LogP contribution in [-0.4, -0.2) is 19.6 Å². The molecule has 0 aliphatic rings. The zero-order chi connectivity index (χ0) is 12.0. The zero-order valence-electron chi connectivity index (χ0n) is 8.80. The molecule has 0 aromatic heterocycles. The normalized spacial score (nSPS) is 10.4. The first kappa shape index (κ1) is 12.6. The summed E-state index contributed by atoms with van der Waals surface area (Å²) in [6.07, 6.45) is 0.769. The predicted molar refractivity (Wildman–Crippen MR) is 59.8 cm³/mol. The van der Waals surface area contributed by atoms with Crippen molar-refractivity contribution in [3.05, 3.63) is 24.3 Å². The molecule has 0 unspecified atom stereocenters. The summed E-state index contributed by atoms with van der Waals surface area (Å²) in [6.45, 7) is 2.20. The van der Waals surface area contributed by atoms with Crippen molar-refractivity contribution in [1.29, 1.82) is 0 Å². The van der Waals surface area contributed by atoms with Crippen molar-refractivity contribution in [3.8, 4) is 17.6 Å². The maximum Gasteiger partial charge on any atom is 0.294 e. The summed E-state index contributed by atoms with van der Waals surface area (Å²) in [6, 6.07) is 5.49. The molecule has 0 saturated carbocycles. The van der Waals surface area contributed by atoms with Gasteiger partial charge in [-0.1, -0.05) is 12.8 Å². The highest BCUT2D eigenvalue weighted by Crippen LogP contribution is 2.15. The topological polar surface area (TPSA) is 63.6 Å². The van der Waals surface area contributed by atoms with Crippen molar-refractivity contribution in [2.45, 2.75) is 18.2 Å². The molecule has 0 amide bonds. The first-order valence-corrected chi connectivity index (χ1v) is 6.14. The smallest absolute Gasteiger partial charge is 0.294 e. The fourth-order valence-corrected chi connectivity index (χ4v) is 1.48. The molecule has 0 radical (unpaired) electrons. The molecule has 0 atom stereocenters. The van der Waals surface area contributed by atoms with E-state index in [0.717, 1.165) is 6.42 Å². The molecule has 0 saturated heterocycles. The van der Waals surface area contributed by atoms with Crippen molar-refractivity contribution in [2.75, 3.05) is 6.61 Å². The van der Waals surface area contributed by atoms with Gasteiger partial charge in [-0.05, 0) is 24.3 Å². The molecule has 0 bridgehead atoms. The highest BCUT2D eigenvalue weighted by Gasteiger charge is 2.08. The molecule has 0 aliphatic heterocycles. The summed E-state index contributed by atoms with van der Waals surface area (Å²) >= 11 is 0. The molecule has 0 heterocycles. The Morgan fingerprint density at radius 3 is 2.38 bits per heavy atom. The predicted octanol–water partition coefficient (Wildman–Crippen LogP) is 1.73. The molecule has 1 aromatic carbocycles. The molecule has 1 aromatic rings. The first-order chi connectivity index (χ1) is 7.54. The third-order valence-electron chi connectivity index (χ3n) is 1.73. The van der Waals surface area contributed by atoms with E-state index >= 15 is 0 Å². The van der Waals surface area contributed by atoms with Gasteiger partial charge in [0.25, 0.3) is 10.1 Å². The second-order valence-corrected chi connectivity index (χ2v) is 4.36. The van der Waals surface area contributed by atoms with Gasteiger partial charge in [-0.15, -0.1) is 5.92 Å². The molecule has 1 rings (SSSR count). The van der Waals surface area contributed by atoms with Crippen molar-refractivity contribution < 1.29 is 17.7 Å². The van der Waals surface area contributed by atoms with Gasteiger partial charge in [-0.3, -0.25) is 4.55 Å². The average molecular weight is 240 g/mol. The van der Waals surface area contributed by atoms with Crippen LogP contribution in [-0.2, 0) is 10.1 Å². The lowest BCUT2D eigenvalue weighted by Crippen LogP contribution is -1.98. The Hall–Kier alpha value is -1.51. The van der Waals surface area contributed by atoms with Crippen LogP contribution in [0.15, 0.2) is 29.2 Å². The van der Waals surface area contributed by atoms with Crippen LogP contribution in [0.1, 0.15) is 13.3 Å². The van der Waals surface area contributed by atoms with Crippen LogP contribution >= 0.6 is 0 Å². The van der Waals surface area contributed by atoms with E-state index in [0.29, 0.717) is 5.75 Å². The van der Waals surface area contributed by atoms with Gasteiger partial charge in [0.2, 0.25) is 0 Å². The lowest BCUT2D eigenvalue weighted by molar-refractivity contribution is 0.370. The quantitative estimate of drug-likeness (QED) is 0.645. The van der Waals surface area contributed by atoms with Gasteiger partial charge in [0, 0.05) is 6.42 Å². The number of rotatable bonds is 3. The van der Waals surface area contributed by atoms with Gasteiger partial charge >= 0.3 is 0 Å². The second kappa shape index (κ2) is 5.54. The van der Waals surface area contributed by atoms with E-state index in [1.54, 1.807) is 0 Å². The van der Waals surface area contributed by atoms with Gasteiger partial charge in [-0.25, -0.2) is 0 Å². The van der Waals surface area contributed by atoms with Gasteiger partial charge in [-0.2, -0.15) is 8.42 Å². The third kappa shape index (κ3) is 3.93. The minimum Gasteiger partial charge on any atom is -0.481 e. The van der Waals surface area contributed by atoms with Crippen LogP contribution in [0, 0.1) is 11.8 Å². The highest BCUT2D eigenvalue weighted by atomic mass is 32.2. The fraction of sp³-hybridized carbons (Fsp3) is 0.273. The Morgan fingerprint density at radius 1 is 1.25 bits per heavy atom. The van der Waals surface area contributed by atoms with Crippen molar-refractivity contribution in [2.24, 2.45) is 0 Å². The van der Waals surface area contributed by atoms with Crippen LogP contribution in [0.25, 0.3) is 0 Å². The summed E-state index contributed by atoms with van der Waals surface area (Å²) in [7, 11) is -4.13. The van der Waals surface area contributed by atoms with Crippen molar-refractivity contribution in [3.63, 3.8) is 0 Å². The fourth-order valence-electron chi connectivity index (χ4n) is 1.00. The third-order valence-corrected chi connectivity index (χ3v) is 2.60. The Kier molecular flexibility index (Phi) is 4.35. The maximum atomic E-state index is 10.7. The van der Waals surface area contributed by atoms with E-state index in [9.17, 15) is 8.42 Å². The van der Waals surface area contributed by atoms with E-state index < -0.39 is 10.1 Å². The summed E-state index contributed by atoms with van der Waals surface area (Å²) in [4.78, 5) is -0.153. The SMILES string of the molecule is CCC#CCOc1ccc(S(=O)(=O)O)cc1. The van der Waals surface area contributed by atoms with E-state index in [4.69, 9.17) is 9.29 Å². The largest absolute Gasteiger partial charge is 0.481 e. The Morgan fingerprint density at radius 2 is 1.88 bits per heavy atom. The van der Waals surface area contributed by atoms with E-state index in [1.165, 1.54) is 24.3 Å². The first-order valence-electron chi connectivity index (χ1n) is 4.70. The Bertz CT molecular complexity index is 491. The van der Waals surface area contributed by atoms with E-state index in [1.807, 2.05) is 6.92 Å². The molecule has 1 N–H and O–H groups in total. The van der Waals surface area contributed by atoms with Crippen LogP contribution in [0.5, 0.6) is 5.75 Å². The second-order valence-electron chi connectivity index (χ2n) is 2.94. The van der Waals surface area contributed by atoms with Crippen LogP contribution in [0.3, 0.4) is 0 Å². The van der Waals surface area contributed by atoms with Crippen LogP contribution in [0.2, 0.25) is 0 Å². The molecule has 86 valence electrons. The summed E-state index contributed by atoms with van der Waals surface area (Å²) in [5, 5.41) is 0. The summed E-state index contributed by atoms with van der Waals surface area (Å²) in [5.41, 5.74) is 0. The molecule has 16 heavy (non-hydrogen) atoms. The number of hydrogen-bond donors (Lipinski definition) is 1. The summed E-state index contributed by atoms with van der Waals surface area (Å²) in [5.74, 6) is 6.14. The van der Waals surface area contributed by atoms with Gasteiger partial charge in [0.1, 0.15) is 12.4 Å². The average Bonchev–Trinajstić information content (AvgIpc) is 2.24. The minimum absolute atomic E-state index is 0.153. The molecular formula is C11H12O4S. The monoisotopic (exact) mass is 240 g/mol. The molecule has 5 heteroatoms. The molecule has 0 fully saturated rings. The van der Waals surface area contributed by atoms with Crippen molar-refractivity contribution >= 4 is 10.1 Å². The summed E-state index contributed by atoms with van der Waals surface area (Å²) < 4.78 is 35.4. The van der Waals surface area contributed by atoms with Gasteiger partial charge < -0.3 is 4.74 Å².